The fraction of sp³-hybridized carbons (Fsp3) is 0.583. The van der Waals surface area contributed by atoms with E-state index in [1.54, 1.807) is 26.0 Å². The van der Waals surface area contributed by atoms with Crippen molar-refractivity contribution in [3.63, 3.8) is 0 Å². The van der Waals surface area contributed by atoms with Crippen molar-refractivity contribution in [2.24, 2.45) is 0 Å². The second-order valence-electron chi connectivity index (χ2n) is 8.54. The van der Waals surface area contributed by atoms with Crippen molar-refractivity contribution >= 4 is 0 Å². The molecule has 32 heavy (non-hydrogen) atoms. The molecule has 0 saturated carbocycles. The highest BCUT2D eigenvalue weighted by Gasteiger charge is 2.22. The lowest BCUT2D eigenvalue weighted by Crippen LogP contribution is -2.47. The van der Waals surface area contributed by atoms with Gasteiger partial charge in [0.05, 0.1) is 33.7 Å². The smallest absolute Gasteiger partial charge is 0.268 e. The van der Waals surface area contributed by atoms with Gasteiger partial charge in [0.1, 0.15) is 0 Å². The molecule has 1 aliphatic heterocycles. The van der Waals surface area contributed by atoms with Crippen molar-refractivity contribution in [2.75, 3.05) is 47.5 Å². The normalized spacial score (nSPS) is 17.5. The van der Waals surface area contributed by atoms with Gasteiger partial charge in [-0.25, -0.2) is 4.68 Å². The van der Waals surface area contributed by atoms with E-state index in [9.17, 15) is 4.79 Å². The van der Waals surface area contributed by atoms with Crippen LogP contribution in [0.5, 0.6) is 17.2 Å². The molecule has 2 heterocycles. The molecule has 0 bridgehead atoms. The van der Waals surface area contributed by atoms with Gasteiger partial charge in [-0.05, 0) is 37.3 Å². The molecular weight excluding hydrogens is 408 g/mol. The summed E-state index contributed by atoms with van der Waals surface area (Å²) in [5.41, 5.74) is 3.35. The van der Waals surface area contributed by atoms with Gasteiger partial charge in [-0.15, -0.1) is 0 Å². The number of methoxy groups -OCH3 is 3. The molecule has 8 heteroatoms. The SMILES string of the molecule is COc1ccc(CN2CCN(Cn3nc4c(cc3=O)CCCCC4)CC2)c(OC)c1OC. The topological polar surface area (TPSA) is 69.1 Å². The average molecular weight is 443 g/mol. The van der Waals surface area contributed by atoms with Crippen LogP contribution in [-0.2, 0) is 26.1 Å². The minimum Gasteiger partial charge on any atom is -0.493 e. The summed E-state index contributed by atoms with van der Waals surface area (Å²) >= 11 is 0. The van der Waals surface area contributed by atoms with Gasteiger partial charge in [0.2, 0.25) is 5.75 Å². The summed E-state index contributed by atoms with van der Waals surface area (Å²) in [6.45, 7) is 4.93. The van der Waals surface area contributed by atoms with E-state index in [1.807, 2.05) is 18.2 Å². The van der Waals surface area contributed by atoms with Crippen molar-refractivity contribution in [3.8, 4) is 17.2 Å². The van der Waals surface area contributed by atoms with E-state index in [1.165, 1.54) is 6.42 Å². The monoisotopic (exact) mass is 442 g/mol. The van der Waals surface area contributed by atoms with Crippen molar-refractivity contribution in [1.82, 2.24) is 19.6 Å². The maximum absolute atomic E-state index is 12.6. The van der Waals surface area contributed by atoms with Crippen LogP contribution < -0.4 is 19.8 Å². The van der Waals surface area contributed by atoms with Crippen LogP contribution in [0.25, 0.3) is 0 Å². The molecule has 1 aromatic carbocycles. The number of aromatic nitrogens is 2. The van der Waals surface area contributed by atoms with E-state index >= 15 is 0 Å². The molecule has 2 aromatic rings. The summed E-state index contributed by atoms with van der Waals surface area (Å²) in [5, 5.41) is 4.72. The highest BCUT2D eigenvalue weighted by Crippen LogP contribution is 2.40. The minimum atomic E-state index is 0.0168. The molecule has 0 spiro atoms. The number of ether oxygens (including phenoxy) is 3. The summed E-state index contributed by atoms with van der Waals surface area (Å²) in [5.74, 6) is 2.01. The van der Waals surface area contributed by atoms with E-state index in [4.69, 9.17) is 19.3 Å². The zero-order chi connectivity index (χ0) is 22.5. The Morgan fingerprint density at radius 2 is 1.59 bits per heavy atom. The zero-order valence-electron chi connectivity index (χ0n) is 19.4. The van der Waals surface area contributed by atoms with Crippen molar-refractivity contribution in [1.29, 1.82) is 0 Å². The molecule has 174 valence electrons. The van der Waals surface area contributed by atoms with Gasteiger partial charge in [-0.3, -0.25) is 14.6 Å². The van der Waals surface area contributed by atoms with Crippen LogP contribution in [0.15, 0.2) is 23.0 Å². The van der Waals surface area contributed by atoms with Crippen LogP contribution in [-0.4, -0.2) is 67.1 Å². The maximum atomic E-state index is 12.6. The van der Waals surface area contributed by atoms with Crippen LogP contribution in [0.1, 0.15) is 36.1 Å². The molecule has 8 nitrogen and oxygen atoms in total. The van der Waals surface area contributed by atoms with Gasteiger partial charge in [-0.2, -0.15) is 5.10 Å². The lowest BCUT2D eigenvalue weighted by atomic mass is 10.1. The molecule has 0 N–H and O–H groups in total. The molecule has 0 atom stereocenters. The van der Waals surface area contributed by atoms with Gasteiger partial charge in [0, 0.05) is 44.4 Å². The summed E-state index contributed by atoms with van der Waals surface area (Å²) in [6.07, 6.45) is 5.51. The van der Waals surface area contributed by atoms with Gasteiger partial charge >= 0.3 is 0 Å². The van der Waals surface area contributed by atoms with Crippen molar-refractivity contribution < 1.29 is 14.2 Å². The Hall–Kier alpha value is -2.58. The standard InChI is InChI=1S/C24H34N4O4/c1-30-21-10-9-19(23(31-2)24(21)32-3)16-26-11-13-27(14-12-26)17-28-22(29)15-18-7-5-4-6-8-20(18)25-28/h9-10,15H,4-8,11-14,16-17H2,1-3H3. The van der Waals surface area contributed by atoms with Crippen molar-refractivity contribution in [3.05, 3.63) is 45.4 Å². The summed E-state index contributed by atoms with van der Waals surface area (Å²) in [6, 6.07) is 5.77. The first kappa shape index (κ1) is 22.6. The van der Waals surface area contributed by atoms with Gasteiger partial charge in [0.15, 0.2) is 11.5 Å². The number of benzene rings is 1. The quantitative estimate of drug-likeness (QED) is 0.610. The van der Waals surface area contributed by atoms with Crippen LogP contribution in [0, 0.1) is 0 Å². The molecule has 1 aromatic heterocycles. The second kappa shape index (κ2) is 10.4. The Kier molecular flexibility index (Phi) is 7.32. The maximum Gasteiger partial charge on any atom is 0.268 e. The fourth-order valence-corrected chi connectivity index (χ4v) is 4.69. The Morgan fingerprint density at radius 1 is 0.875 bits per heavy atom. The predicted molar refractivity (Wildman–Crippen MR) is 123 cm³/mol. The Morgan fingerprint density at radius 3 is 2.31 bits per heavy atom. The number of piperazine rings is 1. The highest BCUT2D eigenvalue weighted by atomic mass is 16.5. The van der Waals surface area contributed by atoms with Gasteiger partial charge in [-0.1, -0.05) is 12.5 Å². The first-order valence-electron chi connectivity index (χ1n) is 11.5. The van der Waals surface area contributed by atoms with E-state index in [2.05, 4.69) is 9.80 Å². The zero-order valence-corrected chi connectivity index (χ0v) is 19.4. The number of nitrogens with zero attached hydrogens (tertiary/aromatic N) is 4. The Labute approximate surface area is 189 Å². The molecule has 1 saturated heterocycles. The number of hydrogen-bond acceptors (Lipinski definition) is 7. The van der Waals surface area contributed by atoms with Crippen molar-refractivity contribution in [2.45, 2.75) is 45.3 Å². The largest absolute Gasteiger partial charge is 0.493 e. The van der Waals surface area contributed by atoms with Gasteiger partial charge < -0.3 is 14.2 Å². The van der Waals surface area contributed by atoms with E-state index in [-0.39, 0.29) is 5.56 Å². The summed E-state index contributed by atoms with van der Waals surface area (Å²) in [7, 11) is 4.91. The van der Waals surface area contributed by atoms with Gasteiger partial charge in [0.25, 0.3) is 5.56 Å². The third-order valence-electron chi connectivity index (χ3n) is 6.50. The van der Waals surface area contributed by atoms with Crippen LogP contribution >= 0.6 is 0 Å². The van der Waals surface area contributed by atoms with Crippen LogP contribution in [0.3, 0.4) is 0 Å². The van der Waals surface area contributed by atoms with Crippen LogP contribution in [0.2, 0.25) is 0 Å². The Bertz CT molecular complexity index is 983. The molecule has 1 fully saturated rings. The molecule has 4 rings (SSSR count). The lowest BCUT2D eigenvalue weighted by molar-refractivity contribution is 0.0960. The number of fused-ring (bicyclic) bond motifs is 1. The van der Waals surface area contributed by atoms with E-state index < -0.39 is 0 Å². The molecule has 0 unspecified atom stereocenters. The molecule has 0 amide bonds. The second-order valence-corrected chi connectivity index (χ2v) is 8.54. The third kappa shape index (κ3) is 4.91. The van der Waals surface area contributed by atoms with E-state index in [0.717, 1.165) is 81.0 Å². The lowest BCUT2D eigenvalue weighted by Gasteiger charge is -2.35. The number of hydrogen-bond donors (Lipinski definition) is 0. The average Bonchev–Trinajstić information content (AvgIpc) is 3.04. The number of rotatable bonds is 7. The first-order chi connectivity index (χ1) is 15.6. The molecular formula is C24H34N4O4. The summed E-state index contributed by atoms with van der Waals surface area (Å²) < 4.78 is 18.2. The molecule has 0 radical (unpaired) electrons. The van der Waals surface area contributed by atoms with Crippen LogP contribution in [0.4, 0.5) is 0 Å². The molecule has 1 aliphatic carbocycles. The van der Waals surface area contributed by atoms with E-state index in [0.29, 0.717) is 18.2 Å². The Balaban J connectivity index is 1.38. The predicted octanol–water partition coefficient (Wildman–Crippen LogP) is 2.31. The molecule has 2 aliphatic rings. The third-order valence-corrected chi connectivity index (χ3v) is 6.50. The summed E-state index contributed by atoms with van der Waals surface area (Å²) in [4.78, 5) is 17.3. The fourth-order valence-electron chi connectivity index (χ4n) is 4.69. The first-order valence-corrected chi connectivity index (χ1v) is 11.5. The highest BCUT2D eigenvalue weighted by molar-refractivity contribution is 5.55. The number of aryl methyl sites for hydroxylation is 2. The minimum absolute atomic E-state index is 0.0168.